The first-order valence-electron chi connectivity index (χ1n) is 9.43. The van der Waals surface area contributed by atoms with E-state index in [4.69, 9.17) is 10.5 Å². The van der Waals surface area contributed by atoms with Crippen molar-refractivity contribution in [3.05, 3.63) is 11.8 Å². The normalized spacial score (nSPS) is 28.7. The minimum atomic E-state index is -0.577. The van der Waals surface area contributed by atoms with E-state index in [2.05, 4.69) is 20.6 Å². The molecule has 144 valence electrons. The van der Waals surface area contributed by atoms with E-state index >= 15 is 0 Å². The summed E-state index contributed by atoms with van der Waals surface area (Å²) in [5.41, 5.74) is 5.70. The Bertz CT molecular complexity index is 619. The van der Waals surface area contributed by atoms with Crippen molar-refractivity contribution in [3.63, 3.8) is 0 Å². The number of nitrogens with zero attached hydrogens (tertiary/aromatic N) is 2. The monoisotopic (exact) mass is 363 g/mol. The zero-order valence-electron chi connectivity index (χ0n) is 15.3. The third-order valence-corrected chi connectivity index (χ3v) is 5.44. The van der Waals surface area contributed by atoms with Gasteiger partial charge in [0.2, 0.25) is 5.95 Å². The van der Waals surface area contributed by atoms with Crippen LogP contribution in [0.5, 0.6) is 0 Å². The topological polar surface area (TPSA) is 122 Å². The Morgan fingerprint density at radius 1 is 1.27 bits per heavy atom. The number of anilines is 2. The van der Waals surface area contributed by atoms with Crippen molar-refractivity contribution in [2.45, 2.75) is 63.1 Å². The summed E-state index contributed by atoms with van der Waals surface area (Å²) in [6.07, 6.45) is 7.88. The van der Waals surface area contributed by atoms with Gasteiger partial charge in [-0.3, -0.25) is 4.79 Å². The molecule has 5 N–H and O–H groups in total. The van der Waals surface area contributed by atoms with Crippen LogP contribution in [-0.4, -0.2) is 52.9 Å². The van der Waals surface area contributed by atoms with Gasteiger partial charge in [0.15, 0.2) is 0 Å². The number of rotatable bonds is 7. The Morgan fingerprint density at radius 3 is 2.65 bits per heavy atom. The van der Waals surface area contributed by atoms with E-state index in [0.29, 0.717) is 23.7 Å². The minimum Gasteiger partial charge on any atom is -0.391 e. The molecule has 8 nitrogen and oxygen atoms in total. The number of aliphatic hydroxyl groups is 1. The molecule has 0 aliphatic heterocycles. The van der Waals surface area contributed by atoms with Gasteiger partial charge < -0.3 is 26.2 Å². The summed E-state index contributed by atoms with van der Waals surface area (Å²) in [5, 5.41) is 16.6. The molecule has 0 bridgehead atoms. The van der Waals surface area contributed by atoms with Crippen molar-refractivity contribution in [2.24, 2.45) is 11.7 Å². The van der Waals surface area contributed by atoms with Crippen LogP contribution in [0.15, 0.2) is 6.20 Å². The highest BCUT2D eigenvalue weighted by atomic mass is 16.5. The van der Waals surface area contributed by atoms with Crippen LogP contribution in [0.4, 0.5) is 11.8 Å². The van der Waals surface area contributed by atoms with E-state index in [0.717, 1.165) is 51.6 Å². The fourth-order valence-electron chi connectivity index (χ4n) is 3.92. The summed E-state index contributed by atoms with van der Waals surface area (Å²) in [5.74, 6) is 0.929. The Hall–Kier alpha value is -1.93. The summed E-state index contributed by atoms with van der Waals surface area (Å²) in [4.78, 5) is 20.4. The van der Waals surface area contributed by atoms with Gasteiger partial charge in [0.05, 0.1) is 17.7 Å². The van der Waals surface area contributed by atoms with Crippen LogP contribution in [0, 0.1) is 5.92 Å². The van der Waals surface area contributed by atoms with Gasteiger partial charge in [-0.05, 0) is 50.9 Å². The molecule has 0 spiro atoms. The SMILES string of the molecule is COC[C@H]1CC[C@H](Nc2ncc(C(N)=O)c(N[C@H]3CCC[C@@H]3O)n2)CC1. The van der Waals surface area contributed by atoms with E-state index in [-0.39, 0.29) is 11.6 Å². The van der Waals surface area contributed by atoms with Gasteiger partial charge >= 0.3 is 0 Å². The lowest BCUT2D eigenvalue weighted by Crippen LogP contribution is -2.31. The number of aromatic nitrogens is 2. The fraction of sp³-hybridized carbons (Fsp3) is 0.722. The zero-order valence-corrected chi connectivity index (χ0v) is 15.3. The van der Waals surface area contributed by atoms with E-state index < -0.39 is 12.0 Å². The average Bonchev–Trinajstić information content (AvgIpc) is 3.02. The molecular weight excluding hydrogens is 334 g/mol. The zero-order chi connectivity index (χ0) is 18.5. The molecule has 2 aliphatic carbocycles. The van der Waals surface area contributed by atoms with E-state index in [1.54, 1.807) is 7.11 Å². The van der Waals surface area contributed by atoms with Gasteiger partial charge in [-0.15, -0.1) is 0 Å². The second kappa shape index (κ2) is 8.64. The van der Waals surface area contributed by atoms with Gasteiger partial charge in [-0.2, -0.15) is 4.98 Å². The van der Waals surface area contributed by atoms with Crippen molar-refractivity contribution in [2.75, 3.05) is 24.4 Å². The number of aliphatic hydroxyl groups excluding tert-OH is 1. The number of amides is 1. The molecule has 0 radical (unpaired) electrons. The number of nitrogens with one attached hydrogen (secondary N) is 2. The summed E-state index contributed by atoms with van der Waals surface area (Å²) >= 11 is 0. The lowest BCUT2D eigenvalue weighted by Gasteiger charge is -2.28. The summed E-state index contributed by atoms with van der Waals surface area (Å²) in [6.45, 7) is 0.814. The third kappa shape index (κ3) is 4.62. The fourth-order valence-corrected chi connectivity index (χ4v) is 3.92. The predicted molar refractivity (Wildman–Crippen MR) is 99.1 cm³/mol. The molecule has 0 unspecified atom stereocenters. The van der Waals surface area contributed by atoms with Crippen LogP contribution in [0.1, 0.15) is 55.3 Å². The highest BCUT2D eigenvalue weighted by Gasteiger charge is 2.27. The van der Waals surface area contributed by atoms with Crippen LogP contribution in [0.3, 0.4) is 0 Å². The molecule has 26 heavy (non-hydrogen) atoms. The minimum absolute atomic E-state index is 0.111. The van der Waals surface area contributed by atoms with Gasteiger partial charge in [0.1, 0.15) is 5.82 Å². The molecule has 2 atom stereocenters. The Balaban J connectivity index is 1.66. The second-order valence-electron chi connectivity index (χ2n) is 7.39. The summed E-state index contributed by atoms with van der Waals surface area (Å²) in [6, 6.07) is 0.202. The molecule has 1 aromatic rings. The number of hydrogen-bond acceptors (Lipinski definition) is 7. The first-order chi connectivity index (χ1) is 12.6. The Kier molecular flexibility index (Phi) is 6.26. The first kappa shape index (κ1) is 18.8. The highest BCUT2D eigenvalue weighted by Crippen LogP contribution is 2.27. The van der Waals surface area contributed by atoms with Crippen LogP contribution >= 0.6 is 0 Å². The van der Waals surface area contributed by atoms with Gasteiger partial charge in [0.25, 0.3) is 5.91 Å². The number of methoxy groups -OCH3 is 1. The highest BCUT2D eigenvalue weighted by molar-refractivity contribution is 5.97. The van der Waals surface area contributed by atoms with Crippen molar-refractivity contribution >= 4 is 17.7 Å². The largest absolute Gasteiger partial charge is 0.391 e. The molecule has 8 heteroatoms. The summed E-state index contributed by atoms with van der Waals surface area (Å²) in [7, 11) is 1.74. The maximum Gasteiger partial charge on any atom is 0.254 e. The number of ether oxygens (including phenoxy) is 1. The first-order valence-corrected chi connectivity index (χ1v) is 9.43. The lowest BCUT2D eigenvalue weighted by molar-refractivity contribution is 0.1000. The second-order valence-corrected chi connectivity index (χ2v) is 7.39. The van der Waals surface area contributed by atoms with Gasteiger partial charge in [-0.25, -0.2) is 4.98 Å². The lowest BCUT2D eigenvalue weighted by atomic mass is 9.86. The van der Waals surface area contributed by atoms with Gasteiger partial charge in [0, 0.05) is 26.0 Å². The number of hydrogen-bond donors (Lipinski definition) is 4. The van der Waals surface area contributed by atoms with Crippen LogP contribution < -0.4 is 16.4 Å². The van der Waals surface area contributed by atoms with E-state index in [1.807, 2.05) is 0 Å². The Labute approximate surface area is 153 Å². The molecule has 0 saturated heterocycles. The van der Waals surface area contributed by atoms with Crippen molar-refractivity contribution in [1.82, 2.24) is 9.97 Å². The number of carbonyl (C=O) groups is 1. The quantitative estimate of drug-likeness (QED) is 0.579. The molecule has 2 saturated carbocycles. The maximum absolute atomic E-state index is 11.7. The van der Waals surface area contributed by atoms with Gasteiger partial charge in [-0.1, -0.05) is 0 Å². The third-order valence-electron chi connectivity index (χ3n) is 5.44. The molecule has 1 aromatic heterocycles. The molecule has 3 rings (SSSR count). The number of nitrogens with two attached hydrogens (primary N) is 1. The van der Waals surface area contributed by atoms with Crippen molar-refractivity contribution in [3.8, 4) is 0 Å². The molecule has 1 amide bonds. The molecule has 1 heterocycles. The maximum atomic E-state index is 11.7. The number of primary amides is 1. The smallest absolute Gasteiger partial charge is 0.254 e. The van der Waals surface area contributed by atoms with E-state index in [1.165, 1.54) is 6.20 Å². The Morgan fingerprint density at radius 2 is 2.04 bits per heavy atom. The van der Waals surface area contributed by atoms with Crippen LogP contribution in [0.2, 0.25) is 0 Å². The van der Waals surface area contributed by atoms with Crippen LogP contribution in [-0.2, 0) is 4.74 Å². The standard InChI is InChI=1S/C18H29N5O3/c1-26-10-11-5-7-12(8-6-11)21-18-20-9-13(16(19)25)17(23-18)22-14-3-2-4-15(14)24/h9,11-12,14-15,24H,2-8,10H2,1H3,(H2,19,25)(H2,20,21,22,23)/t11-,12-,14-,15-/m0/s1. The van der Waals surface area contributed by atoms with Crippen molar-refractivity contribution < 1.29 is 14.6 Å². The van der Waals surface area contributed by atoms with Crippen molar-refractivity contribution in [1.29, 1.82) is 0 Å². The average molecular weight is 363 g/mol. The number of carbonyl (C=O) groups excluding carboxylic acids is 1. The molecule has 2 aliphatic rings. The van der Waals surface area contributed by atoms with E-state index in [9.17, 15) is 9.90 Å². The van der Waals surface area contributed by atoms with Crippen LogP contribution in [0.25, 0.3) is 0 Å². The predicted octanol–water partition coefficient (Wildman–Crippen LogP) is 1.52. The molecule has 0 aromatic carbocycles. The summed E-state index contributed by atoms with van der Waals surface area (Å²) < 4.78 is 5.24. The molecular formula is C18H29N5O3. The molecule has 2 fully saturated rings.